The van der Waals surface area contributed by atoms with Crippen molar-refractivity contribution in [2.75, 3.05) is 14.2 Å². The van der Waals surface area contributed by atoms with E-state index >= 15 is 0 Å². The van der Waals surface area contributed by atoms with Crippen molar-refractivity contribution in [2.45, 2.75) is 51.5 Å². The third kappa shape index (κ3) is 7.77. The minimum absolute atomic E-state index is 0.00620. The Hall–Kier alpha value is -3.26. The van der Waals surface area contributed by atoms with Gasteiger partial charge in [0.2, 0.25) is 0 Å². The van der Waals surface area contributed by atoms with Gasteiger partial charge in [-0.25, -0.2) is 9.59 Å². The highest BCUT2D eigenvalue weighted by Gasteiger charge is 2.31. The Morgan fingerprint density at radius 3 is 2.22 bits per heavy atom. The summed E-state index contributed by atoms with van der Waals surface area (Å²) in [5.41, 5.74) is 0.750. The number of rotatable bonds is 9. The Bertz CT molecular complexity index is 893. The first-order valence-corrected chi connectivity index (χ1v) is 10.2. The van der Waals surface area contributed by atoms with Crippen LogP contribution < -0.4 is 14.8 Å². The fourth-order valence-corrected chi connectivity index (χ4v) is 2.94. The molecule has 0 heterocycles. The number of aliphatic hydroxyl groups excluding tert-OH is 1. The molecule has 8 heteroatoms. The summed E-state index contributed by atoms with van der Waals surface area (Å²) >= 11 is 0. The van der Waals surface area contributed by atoms with Crippen molar-refractivity contribution >= 4 is 12.1 Å². The van der Waals surface area contributed by atoms with Crippen molar-refractivity contribution in [1.29, 1.82) is 0 Å². The van der Waals surface area contributed by atoms with E-state index in [0.717, 1.165) is 5.56 Å². The molecule has 2 aromatic rings. The summed E-state index contributed by atoms with van der Waals surface area (Å²) < 4.78 is 21.1. The molecule has 2 N–H and O–H groups in total. The van der Waals surface area contributed by atoms with E-state index in [4.69, 9.17) is 18.9 Å². The molecule has 0 aliphatic carbocycles. The van der Waals surface area contributed by atoms with E-state index in [1.807, 2.05) is 18.2 Å². The zero-order valence-corrected chi connectivity index (χ0v) is 19.1. The molecular formula is C24H31NO7. The van der Waals surface area contributed by atoms with Crippen LogP contribution in [0.4, 0.5) is 4.79 Å². The molecule has 2 atom stereocenters. The number of esters is 1. The lowest BCUT2D eigenvalue weighted by Crippen LogP contribution is -2.50. The quantitative estimate of drug-likeness (QED) is 0.571. The van der Waals surface area contributed by atoms with Crippen molar-refractivity contribution in [3.05, 3.63) is 59.7 Å². The number of methoxy groups -OCH3 is 2. The lowest BCUT2D eigenvalue weighted by atomic mass is 10.0. The molecule has 2 rings (SSSR count). The number of carbonyl (C=O) groups is 2. The molecule has 0 saturated heterocycles. The predicted molar refractivity (Wildman–Crippen MR) is 119 cm³/mol. The van der Waals surface area contributed by atoms with Gasteiger partial charge in [0.05, 0.1) is 20.3 Å². The predicted octanol–water partition coefficient (Wildman–Crippen LogP) is 3.24. The SMILES string of the molecule is COc1ccc(CC(NC(=O)OC(C)(C)C)C(O)C(=O)OCc2ccccc2)cc1OC. The molecule has 0 saturated carbocycles. The zero-order valence-electron chi connectivity index (χ0n) is 19.1. The van der Waals surface area contributed by atoms with Crippen molar-refractivity contribution < 1.29 is 33.6 Å². The van der Waals surface area contributed by atoms with E-state index < -0.39 is 29.8 Å². The molecule has 1 amide bonds. The lowest BCUT2D eigenvalue weighted by Gasteiger charge is -2.26. The van der Waals surface area contributed by atoms with Gasteiger partial charge in [-0.3, -0.25) is 0 Å². The summed E-state index contributed by atoms with van der Waals surface area (Å²) in [6.45, 7) is 5.17. The number of benzene rings is 2. The summed E-state index contributed by atoms with van der Waals surface area (Å²) in [7, 11) is 3.03. The number of carbonyl (C=O) groups excluding carboxylic acids is 2. The molecule has 0 aliphatic rings. The van der Waals surface area contributed by atoms with Gasteiger partial charge < -0.3 is 29.4 Å². The van der Waals surface area contributed by atoms with Crippen LogP contribution in [0.1, 0.15) is 31.9 Å². The molecule has 174 valence electrons. The van der Waals surface area contributed by atoms with E-state index in [9.17, 15) is 14.7 Å². The number of hydrogen-bond acceptors (Lipinski definition) is 7. The fraction of sp³-hybridized carbons (Fsp3) is 0.417. The Morgan fingerprint density at radius 1 is 0.969 bits per heavy atom. The van der Waals surface area contributed by atoms with Gasteiger partial charge in [0.15, 0.2) is 17.6 Å². The van der Waals surface area contributed by atoms with Crippen molar-refractivity contribution in [3.8, 4) is 11.5 Å². The Balaban J connectivity index is 2.17. The normalized spacial score (nSPS) is 12.9. The molecule has 0 radical (unpaired) electrons. The van der Waals surface area contributed by atoms with Crippen molar-refractivity contribution in [1.82, 2.24) is 5.32 Å². The minimum atomic E-state index is -1.61. The zero-order chi connectivity index (χ0) is 23.7. The van der Waals surface area contributed by atoms with Gasteiger partial charge in [0.1, 0.15) is 12.2 Å². The van der Waals surface area contributed by atoms with E-state index in [-0.39, 0.29) is 13.0 Å². The van der Waals surface area contributed by atoms with Gasteiger partial charge >= 0.3 is 12.1 Å². The first-order valence-electron chi connectivity index (χ1n) is 10.2. The van der Waals surface area contributed by atoms with Gasteiger partial charge in [-0.15, -0.1) is 0 Å². The highest BCUT2D eigenvalue weighted by atomic mass is 16.6. The van der Waals surface area contributed by atoms with E-state index in [2.05, 4.69) is 5.32 Å². The summed E-state index contributed by atoms with van der Waals surface area (Å²) in [6, 6.07) is 13.3. The first kappa shape index (κ1) is 25.0. The average molecular weight is 446 g/mol. The second-order valence-corrected chi connectivity index (χ2v) is 8.18. The monoisotopic (exact) mass is 445 g/mol. The molecule has 8 nitrogen and oxygen atoms in total. The Kier molecular flexibility index (Phi) is 8.90. The largest absolute Gasteiger partial charge is 0.493 e. The summed E-state index contributed by atoms with van der Waals surface area (Å²) in [5, 5.41) is 13.3. The molecule has 0 spiro atoms. The maximum absolute atomic E-state index is 12.5. The molecule has 0 fully saturated rings. The Labute approximate surface area is 188 Å². The lowest BCUT2D eigenvalue weighted by molar-refractivity contribution is -0.156. The number of ether oxygens (including phenoxy) is 4. The molecular weight excluding hydrogens is 414 g/mol. The highest BCUT2D eigenvalue weighted by Crippen LogP contribution is 2.28. The third-order valence-corrected chi connectivity index (χ3v) is 4.45. The van der Waals surface area contributed by atoms with E-state index in [1.165, 1.54) is 14.2 Å². The maximum Gasteiger partial charge on any atom is 0.407 e. The Morgan fingerprint density at radius 2 is 1.62 bits per heavy atom. The van der Waals surface area contributed by atoms with Gasteiger partial charge in [-0.05, 0) is 50.5 Å². The van der Waals surface area contributed by atoms with Crippen LogP contribution in [0.25, 0.3) is 0 Å². The molecule has 0 aromatic heterocycles. The van der Waals surface area contributed by atoms with Crippen LogP contribution in [0.2, 0.25) is 0 Å². The summed E-state index contributed by atoms with van der Waals surface area (Å²) in [6.07, 6.45) is -2.24. The van der Waals surface area contributed by atoms with Crippen molar-refractivity contribution in [2.24, 2.45) is 0 Å². The van der Waals surface area contributed by atoms with Crippen LogP contribution in [-0.4, -0.2) is 49.1 Å². The number of amides is 1. The fourth-order valence-electron chi connectivity index (χ4n) is 2.94. The number of alkyl carbamates (subject to hydrolysis) is 1. The smallest absolute Gasteiger partial charge is 0.407 e. The van der Waals surface area contributed by atoms with Crippen LogP contribution in [0.3, 0.4) is 0 Å². The second-order valence-electron chi connectivity index (χ2n) is 8.18. The van der Waals surface area contributed by atoms with Gasteiger partial charge in [0.25, 0.3) is 0 Å². The van der Waals surface area contributed by atoms with E-state index in [0.29, 0.717) is 17.1 Å². The average Bonchev–Trinajstić information content (AvgIpc) is 2.75. The van der Waals surface area contributed by atoms with Crippen LogP contribution in [0.15, 0.2) is 48.5 Å². The molecule has 2 unspecified atom stereocenters. The highest BCUT2D eigenvalue weighted by molar-refractivity contribution is 5.77. The molecule has 32 heavy (non-hydrogen) atoms. The van der Waals surface area contributed by atoms with Crippen LogP contribution in [0.5, 0.6) is 11.5 Å². The maximum atomic E-state index is 12.5. The summed E-state index contributed by atoms with van der Waals surface area (Å²) in [4.78, 5) is 24.9. The molecule has 2 aromatic carbocycles. The third-order valence-electron chi connectivity index (χ3n) is 4.45. The molecule has 0 bridgehead atoms. The van der Waals surface area contributed by atoms with Crippen LogP contribution in [0, 0.1) is 0 Å². The topological polar surface area (TPSA) is 103 Å². The van der Waals surface area contributed by atoms with Gasteiger partial charge in [0, 0.05) is 0 Å². The summed E-state index contributed by atoms with van der Waals surface area (Å²) in [5.74, 6) is 0.174. The number of aliphatic hydroxyl groups is 1. The van der Waals surface area contributed by atoms with Gasteiger partial charge in [-0.2, -0.15) is 0 Å². The first-order chi connectivity index (χ1) is 15.1. The molecule has 0 aliphatic heterocycles. The second kappa shape index (κ2) is 11.4. The number of hydrogen-bond donors (Lipinski definition) is 2. The van der Waals surface area contributed by atoms with E-state index in [1.54, 1.807) is 51.1 Å². The van der Waals surface area contributed by atoms with Crippen LogP contribution in [-0.2, 0) is 27.3 Å². The van der Waals surface area contributed by atoms with Crippen LogP contribution >= 0.6 is 0 Å². The van der Waals surface area contributed by atoms with Gasteiger partial charge in [-0.1, -0.05) is 36.4 Å². The minimum Gasteiger partial charge on any atom is -0.493 e. The standard InChI is InChI=1S/C24H31NO7/c1-24(2,3)32-23(28)25-18(13-17-11-12-19(29-4)20(14-17)30-5)21(26)22(27)31-15-16-9-7-6-8-10-16/h6-12,14,18,21,26H,13,15H2,1-5H3,(H,25,28). The van der Waals surface area contributed by atoms with Crippen molar-refractivity contribution in [3.63, 3.8) is 0 Å². The number of nitrogens with one attached hydrogen (secondary N) is 1.